The molecular formula is C18H14BrI2NO4. The maximum absolute atomic E-state index is 11.3. The lowest BCUT2D eigenvalue weighted by molar-refractivity contribution is -0.134. The Labute approximate surface area is 186 Å². The third-order valence-electron chi connectivity index (χ3n) is 3.20. The van der Waals surface area contributed by atoms with Gasteiger partial charge in [0.2, 0.25) is 5.91 Å². The van der Waals surface area contributed by atoms with Crippen LogP contribution in [0.15, 0.2) is 46.6 Å². The lowest BCUT2D eigenvalue weighted by atomic mass is 10.2. The molecular weight excluding hydrogens is 628 g/mol. The number of carbonyl (C=O) groups is 2. The summed E-state index contributed by atoms with van der Waals surface area (Å²) >= 11 is 7.79. The zero-order chi connectivity index (χ0) is 19.3. The molecule has 0 bridgehead atoms. The molecule has 0 spiro atoms. The summed E-state index contributed by atoms with van der Waals surface area (Å²) in [5.74, 6) is -0.897. The molecule has 2 N–H and O–H groups in total. The van der Waals surface area contributed by atoms with E-state index < -0.39 is 11.9 Å². The average Bonchev–Trinajstić information content (AvgIpc) is 2.54. The summed E-state index contributed by atoms with van der Waals surface area (Å²) in [5.41, 5.74) is 1.52. The Hall–Kier alpha value is -1.14. The molecule has 8 heteroatoms. The van der Waals surface area contributed by atoms with Crippen LogP contribution in [0.25, 0.3) is 6.08 Å². The number of hydrogen-bond acceptors (Lipinski definition) is 3. The summed E-state index contributed by atoms with van der Waals surface area (Å²) in [7, 11) is 0. The van der Waals surface area contributed by atoms with Crippen molar-refractivity contribution in [2.75, 3.05) is 0 Å². The fraction of sp³-hybridized carbons (Fsp3) is 0.111. The van der Waals surface area contributed by atoms with Gasteiger partial charge in [0, 0.05) is 17.0 Å². The van der Waals surface area contributed by atoms with Gasteiger partial charge in [-0.15, -0.1) is 0 Å². The van der Waals surface area contributed by atoms with Gasteiger partial charge in [-0.2, -0.15) is 0 Å². The quantitative estimate of drug-likeness (QED) is 0.351. The Balaban J connectivity index is 2.26. The van der Waals surface area contributed by atoms with E-state index in [1.807, 2.05) is 36.4 Å². The SMILES string of the molecule is CC(=O)NC(=Cc1cc(I)c(OCc2ccccc2Br)c(I)c1)C(=O)O. The molecule has 26 heavy (non-hydrogen) atoms. The average molecular weight is 642 g/mol. The number of carboxylic acid groups (broad SMARTS) is 1. The first kappa shape index (κ1) is 21.2. The number of benzene rings is 2. The molecule has 2 aromatic carbocycles. The summed E-state index contributed by atoms with van der Waals surface area (Å²) in [6.45, 7) is 1.68. The number of aliphatic carboxylic acids is 1. The molecule has 0 aliphatic rings. The van der Waals surface area contributed by atoms with E-state index in [1.165, 1.54) is 13.0 Å². The van der Waals surface area contributed by atoms with Crippen molar-refractivity contribution in [3.8, 4) is 5.75 Å². The van der Waals surface area contributed by atoms with E-state index in [9.17, 15) is 14.7 Å². The van der Waals surface area contributed by atoms with E-state index in [0.29, 0.717) is 12.2 Å². The van der Waals surface area contributed by atoms with Gasteiger partial charge in [-0.05, 0) is 75.0 Å². The van der Waals surface area contributed by atoms with Crippen molar-refractivity contribution in [1.29, 1.82) is 0 Å². The Morgan fingerprint density at radius 1 is 1.23 bits per heavy atom. The Bertz CT molecular complexity index is 860. The van der Waals surface area contributed by atoms with Gasteiger partial charge < -0.3 is 15.2 Å². The van der Waals surface area contributed by atoms with Gasteiger partial charge in [0.1, 0.15) is 18.1 Å². The predicted octanol–water partition coefficient (Wildman–Crippen LogP) is 4.80. The summed E-state index contributed by atoms with van der Waals surface area (Å²) in [4.78, 5) is 22.4. The topological polar surface area (TPSA) is 75.6 Å². The molecule has 0 radical (unpaired) electrons. The summed E-state index contributed by atoms with van der Waals surface area (Å²) in [5, 5.41) is 11.5. The molecule has 0 aliphatic carbocycles. The summed E-state index contributed by atoms with van der Waals surface area (Å²) in [6, 6.07) is 11.4. The first-order valence-corrected chi connectivity index (χ1v) is 10.3. The van der Waals surface area contributed by atoms with E-state index in [1.54, 1.807) is 0 Å². The van der Waals surface area contributed by atoms with Crippen LogP contribution < -0.4 is 10.1 Å². The normalized spacial score (nSPS) is 11.2. The number of halogens is 3. The van der Waals surface area contributed by atoms with Gasteiger partial charge in [0.15, 0.2) is 0 Å². The van der Waals surface area contributed by atoms with Gasteiger partial charge in [-0.25, -0.2) is 4.79 Å². The highest BCUT2D eigenvalue weighted by Gasteiger charge is 2.13. The second-order valence-electron chi connectivity index (χ2n) is 5.24. The third kappa shape index (κ3) is 5.95. The first-order chi connectivity index (χ1) is 12.3. The molecule has 0 heterocycles. The van der Waals surface area contributed by atoms with Crippen molar-refractivity contribution in [1.82, 2.24) is 5.32 Å². The van der Waals surface area contributed by atoms with Crippen molar-refractivity contribution >= 4 is 79.1 Å². The van der Waals surface area contributed by atoms with Gasteiger partial charge in [0.05, 0.1) is 7.14 Å². The van der Waals surface area contributed by atoms with E-state index in [-0.39, 0.29) is 5.70 Å². The third-order valence-corrected chi connectivity index (χ3v) is 5.58. The Morgan fingerprint density at radius 3 is 2.38 bits per heavy atom. The molecule has 0 aliphatic heterocycles. The standard InChI is InChI=1S/C18H14BrI2NO4/c1-10(23)22-16(18(24)25)8-11-6-14(20)17(15(21)7-11)26-9-12-4-2-3-5-13(12)19/h2-8H,9H2,1H3,(H,22,23)(H,24,25). The van der Waals surface area contributed by atoms with Crippen LogP contribution in [0.1, 0.15) is 18.1 Å². The number of hydrogen-bond donors (Lipinski definition) is 2. The Morgan fingerprint density at radius 2 is 1.85 bits per heavy atom. The lowest BCUT2D eigenvalue weighted by Crippen LogP contribution is -2.24. The van der Waals surface area contributed by atoms with Crippen LogP contribution in [0, 0.1) is 7.14 Å². The minimum Gasteiger partial charge on any atom is -0.487 e. The fourth-order valence-electron chi connectivity index (χ4n) is 2.07. The van der Waals surface area contributed by atoms with Crippen LogP contribution in [0.4, 0.5) is 0 Å². The molecule has 1 amide bonds. The number of nitrogens with one attached hydrogen (secondary N) is 1. The van der Waals surface area contributed by atoms with Crippen LogP contribution in [-0.2, 0) is 16.2 Å². The molecule has 0 fully saturated rings. The van der Waals surface area contributed by atoms with Crippen molar-refractivity contribution in [3.05, 3.63) is 64.8 Å². The molecule has 2 aromatic rings. The molecule has 0 unspecified atom stereocenters. The van der Waals surface area contributed by atoms with E-state index in [0.717, 1.165) is 22.9 Å². The van der Waals surface area contributed by atoms with Crippen LogP contribution in [-0.4, -0.2) is 17.0 Å². The van der Waals surface area contributed by atoms with Gasteiger partial charge in [-0.3, -0.25) is 4.79 Å². The zero-order valence-electron chi connectivity index (χ0n) is 13.6. The molecule has 136 valence electrons. The van der Waals surface area contributed by atoms with Gasteiger partial charge >= 0.3 is 5.97 Å². The smallest absolute Gasteiger partial charge is 0.352 e. The second kappa shape index (κ2) is 9.70. The number of rotatable bonds is 6. The van der Waals surface area contributed by atoms with Crippen molar-refractivity contribution < 1.29 is 19.4 Å². The molecule has 0 saturated heterocycles. The number of carboxylic acids is 1. The number of carbonyl (C=O) groups excluding carboxylic acids is 1. The van der Waals surface area contributed by atoms with E-state index in [2.05, 4.69) is 66.4 Å². The molecule has 5 nitrogen and oxygen atoms in total. The lowest BCUT2D eigenvalue weighted by Gasteiger charge is -2.13. The Kier molecular flexibility index (Phi) is 7.89. The highest BCUT2D eigenvalue weighted by molar-refractivity contribution is 14.1. The van der Waals surface area contributed by atoms with E-state index in [4.69, 9.17) is 4.74 Å². The molecule has 2 rings (SSSR count). The zero-order valence-corrected chi connectivity index (χ0v) is 19.5. The number of amides is 1. The van der Waals surface area contributed by atoms with Crippen LogP contribution in [0.2, 0.25) is 0 Å². The van der Waals surface area contributed by atoms with Crippen molar-refractivity contribution in [2.45, 2.75) is 13.5 Å². The largest absolute Gasteiger partial charge is 0.487 e. The van der Waals surface area contributed by atoms with Gasteiger partial charge in [-0.1, -0.05) is 34.1 Å². The predicted molar refractivity (Wildman–Crippen MR) is 120 cm³/mol. The maximum atomic E-state index is 11.3. The van der Waals surface area contributed by atoms with Crippen LogP contribution >= 0.6 is 61.1 Å². The molecule has 0 saturated carbocycles. The maximum Gasteiger partial charge on any atom is 0.352 e. The highest BCUT2D eigenvalue weighted by atomic mass is 127. The first-order valence-electron chi connectivity index (χ1n) is 7.35. The highest BCUT2D eigenvalue weighted by Crippen LogP contribution is 2.31. The van der Waals surface area contributed by atoms with Gasteiger partial charge in [0.25, 0.3) is 0 Å². The van der Waals surface area contributed by atoms with Crippen LogP contribution in [0.3, 0.4) is 0 Å². The summed E-state index contributed by atoms with van der Waals surface area (Å²) in [6.07, 6.45) is 1.42. The monoisotopic (exact) mass is 641 g/mol. The van der Waals surface area contributed by atoms with Crippen LogP contribution in [0.5, 0.6) is 5.75 Å². The minimum atomic E-state index is -1.19. The molecule has 0 aromatic heterocycles. The van der Waals surface area contributed by atoms with E-state index >= 15 is 0 Å². The van der Waals surface area contributed by atoms with Crippen molar-refractivity contribution in [3.63, 3.8) is 0 Å². The fourth-order valence-corrected chi connectivity index (χ4v) is 4.60. The number of ether oxygens (including phenoxy) is 1. The summed E-state index contributed by atoms with van der Waals surface area (Å²) < 4.78 is 8.63. The molecule has 0 atom stereocenters. The second-order valence-corrected chi connectivity index (χ2v) is 8.42. The minimum absolute atomic E-state index is 0.175. The van der Waals surface area contributed by atoms with Crippen molar-refractivity contribution in [2.24, 2.45) is 0 Å².